The minimum atomic E-state index is -0.872. The second-order valence-corrected chi connectivity index (χ2v) is 34.4. The standard InChI is InChI=1S/C26H30N4O4.C26H29N3O4.2C26H28N2O4/c1-16-14-18(20-6-3-4-8-22(20)28-16)15-34-19-12-10-17(11-13-19)25(31)29-24-21(26(32)30-33)7-5-9-23(24)27-2;1-16-14-18(20-6-3-4-8-22(20)28-16)15-33-19-12-10-17(11-13-19)25(30)29-24-21(26(31)32)7-5-9-23(24)27-2;2*1-16-6-5-8-22(26(30)31)24(16)28-25(29)18-10-12-20(13-11-18)32-15-19-14-17(2)27-23-9-4-3-7-21(19)23/h3-4,6,8,10-14,21,23-24,27,33H,5,7,9,15H2,1-2H3,(H,29,31)(H,30,32);3-4,6,8,10-14,21,23-24,27H,5,7,9,15H2,1-2H3,(H,29,30)(H,31,32);2*3-4,7,9-14,16,22,24H,5-6,8,15H2,1-2H3,(H,28,29)(H,30,31). The summed E-state index contributed by atoms with van der Waals surface area (Å²) in [7, 11) is 3.61. The Bertz CT molecular complexity index is 5840. The molecule has 4 heterocycles. The van der Waals surface area contributed by atoms with Crippen LogP contribution in [0.4, 0.5) is 0 Å². The summed E-state index contributed by atoms with van der Waals surface area (Å²) >= 11 is 0. The van der Waals surface area contributed by atoms with Gasteiger partial charge < -0.3 is 66.2 Å². The van der Waals surface area contributed by atoms with Gasteiger partial charge in [0.15, 0.2) is 0 Å². The summed E-state index contributed by atoms with van der Waals surface area (Å²) in [6, 6.07) is 66.0. The first-order valence-corrected chi connectivity index (χ1v) is 44.8. The molecule has 0 aliphatic heterocycles. The summed E-state index contributed by atoms with van der Waals surface area (Å²) in [5.41, 5.74) is 15.4. The zero-order valence-electron chi connectivity index (χ0n) is 75.0. The molecule has 4 saturated carbocycles. The second-order valence-electron chi connectivity index (χ2n) is 34.4. The molecule has 131 heavy (non-hydrogen) atoms. The average molecular weight is 1780 g/mol. The Hall–Kier alpha value is -13.8. The van der Waals surface area contributed by atoms with E-state index in [1.807, 2.05) is 170 Å². The lowest BCUT2D eigenvalue weighted by Gasteiger charge is -2.37. The Morgan fingerprint density at radius 3 is 0.817 bits per heavy atom. The van der Waals surface area contributed by atoms with Gasteiger partial charge in [0.25, 0.3) is 23.6 Å². The number of hydrogen-bond donors (Lipinski definition) is 11. The number of likely N-dealkylation sites (N-methyl/N-ethyl adjacent to an activating group) is 2. The van der Waals surface area contributed by atoms with Crippen molar-refractivity contribution in [3.8, 4) is 23.0 Å². The Kier molecular flexibility index (Phi) is 32.6. The summed E-state index contributed by atoms with van der Waals surface area (Å²) in [6.45, 7) is 13.4. The number of ether oxygens (including phenoxy) is 4. The molecule has 12 unspecified atom stereocenters. The zero-order chi connectivity index (χ0) is 92.8. The predicted molar refractivity (Wildman–Crippen MR) is 500 cm³/mol. The zero-order valence-corrected chi connectivity index (χ0v) is 75.0. The van der Waals surface area contributed by atoms with Gasteiger partial charge in [-0.3, -0.25) is 63.5 Å². The molecule has 12 aromatic rings. The van der Waals surface area contributed by atoms with E-state index in [1.165, 1.54) is 0 Å². The predicted octanol–water partition coefficient (Wildman–Crippen LogP) is 16.3. The number of aryl methyl sites for hydroxylation is 4. The molecule has 5 amide bonds. The van der Waals surface area contributed by atoms with Crippen molar-refractivity contribution in [1.82, 2.24) is 57.3 Å². The van der Waals surface area contributed by atoms with Gasteiger partial charge in [-0.2, -0.15) is 0 Å². The van der Waals surface area contributed by atoms with E-state index in [0.29, 0.717) is 97.4 Å². The Balaban J connectivity index is 0.000000149. The van der Waals surface area contributed by atoms with E-state index in [2.05, 4.69) is 51.8 Å². The molecule has 8 aromatic carbocycles. The summed E-state index contributed by atoms with van der Waals surface area (Å²) in [5, 5.41) is 60.1. The number of nitrogens with one attached hydrogen (secondary N) is 7. The first-order chi connectivity index (χ1) is 63.3. The highest BCUT2D eigenvalue weighted by molar-refractivity contribution is 5.97. The molecule has 0 radical (unpaired) electrons. The minimum Gasteiger partial charge on any atom is -0.489 e. The van der Waals surface area contributed by atoms with E-state index in [0.717, 1.165) is 140 Å². The highest BCUT2D eigenvalue weighted by atomic mass is 16.5. The Morgan fingerprint density at radius 1 is 0.321 bits per heavy atom. The van der Waals surface area contributed by atoms with Crippen LogP contribution in [0.15, 0.2) is 218 Å². The molecule has 0 spiro atoms. The fraction of sp³-hybridized carbons (Fsp3) is 0.346. The quantitative estimate of drug-likeness (QED) is 0.0177. The average Bonchev–Trinajstić information content (AvgIpc) is 0.819. The van der Waals surface area contributed by atoms with Crippen LogP contribution in [0.3, 0.4) is 0 Å². The van der Waals surface area contributed by atoms with Crippen LogP contribution < -0.4 is 56.3 Å². The van der Waals surface area contributed by atoms with Gasteiger partial charge in [0.1, 0.15) is 49.4 Å². The molecule has 12 atom stereocenters. The summed E-state index contributed by atoms with van der Waals surface area (Å²) in [6.07, 6.45) is 9.30. The molecule has 16 rings (SSSR count). The van der Waals surface area contributed by atoms with Crippen LogP contribution in [-0.2, 0) is 45.6 Å². The van der Waals surface area contributed by atoms with E-state index in [-0.39, 0.29) is 59.6 Å². The number of rotatable bonds is 26. The lowest BCUT2D eigenvalue weighted by atomic mass is 9.77. The number of carbonyl (C=O) groups excluding carboxylic acids is 5. The molecule has 4 aliphatic carbocycles. The van der Waals surface area contributed by atoms with Crippen molar-refractivity contribution in [2.24, 2.45) is 35.5 Å². The highest BCUT2D eigenvalue weighted by Crippen LogP contribution is 2.35. The number of benzene rings is 8. The van der Waals surface area contributed by atoms with E-state index in [1.54, 1.807) is 110 Å². The molecular weight excluding hydrogens is 1660 g/mol. The first-order valence-electron chi connectivity index (χ1n) is 44.8. The lowest BCUT2D eigenvalue weighted by Crippen LogP contribution is -2.58. The lowest BCUT2D eigenvalue weighted by molar-refractivity contribution is -0.145. The van der Waals surface area contributed by atoms with Crippen molar-refractivity contribution < 1.29 is 77.8 Å². The molecule has 27 heteroatoms. The number of hydroxylamine groups is 1. The van der Waals surface area contributed by atoms with Crippen molar-refractivity contribution in [2.75, 3.05) is 14.1 Å². The van der Waals surface area contributed by atoms with Crippen molar-refractivity contribution in [1.29, 1.82) is 0 Å². The Morgan fingerprint density at radius 2 is 0.557 bits per heavy atom. The molecular formula is C104H115N11O16. The third-order valence-corrected chi connectivity index (χ3v) is 25.3. The van der Waals surface area contributed by atoms with Crippen molar-refractivity contribution in [3.63, 3.8) is 0 Å². The SMILES string of the molecule is CNC1CCCC(C(=O)NO)C1NC(=O)c1ccc(OCc2cc(C)nc3ccccc23)cc1.CNC1CCCC(C(=O)O)C1NC(=O)c1ccc(OCc2cc(C)nc3ccccc23)cc1.Cc1cc(COc2ccc(C(=O)NC3C(C)CCCC3C(=O)O)cc2)c2ccccc2n1.Cc1cc(COc2ccc(C(=O)NC3C(C)CCCC3C(=O)O)cc2)c2ccccc2n1. The van der Waals surface area contributed by atoms with Crippen LogP contribution in [0.5, 0.6) is 23.0 Å². The molecule has 682 valence electrons. The third-order valence-electron chi connectivity index (χ3n) is 25.3. The van der Waals surface area contributed by atoms with Crippen LogP contribution in [-0.4, -0.2) is 138 Å². The Labute approximate surface area is 761 Å². The summed E-state index contributed by atoms with van der Waals surface area (Å²) < 4.78 is 23.9. The van der Waals surface area contributed by atoms with Crippen LogP contribution in [0.25, 0.3) is 43.6 Å². The van der Waals surface area contributed by atoms with Gasteiger partial charge in [0.2, 0.25) is 5.91 Å². The second kappa shape index (κ2) is 45.0. The van der Waals surface area contributed by atoms with Crippen LogP contribution in [0, 0.1) is 63.2 Å². The van der Waals surface area contributed by atoms with Crippen molar-refractivity contribution in [3.05, 3.63) is 286 Å². The third kappa shape index (κ3) is 24.6. The number of nitrogens with zero attached hydrogens (tertiary/aromatic N) is 4. The maximum Gasteiger partial charge on any atom is 0.308 e. The molecule has 0 bridgehead atoms. The maximum absolute atomic E-state index is 12.9. The minimum absolute atomic E-state index is 0.0544. The van der Waals surface area contributed by atoms with E-state index in [4.69, 9.17) is 24.2 Å². The van der Waals surface area contributed by atoms with Crippen molar-refractivity contribution >= 4 is 91.1 Å². The highest BCUT2D eigenvalue weighted by Gasteiger charge is 2.42. The fourth-order valence-corrected chi connectivity index (χ4v) is 18.4. The summed E-state index contributed by atoms with van der Waals surface area (Å²) in [5.74, 6) is -3.37. The van der Waals surface area contributed by atoms with Gasteiger partial charge in [-0.15, -0.1) is 0 Å². The number of amides is 5. The van der Waals surface area contributed by atoms with Crippen LogP contribution in [0.1, 0.15) is 177 Å². The van der Waals surface area contributed by atoms with Crippen molar-refractivity contribution in [2.45, 2.75) is 181 Å². The number of fused-ring (bicyclic) bond motifs is 4. The molecule has 4 aromatic heterocycles. The normalized spacial score (nSPS) is 20.4. The van der Waals surface area contributed by atoms with E-state index < -0.39 is 59.6 Å². The smallest absolute Gasteiger partial charge is 0.308 e. The molecule has 11 N–H and O–H groups in total. The van der Waals surface area contributed by atoms with Crippen LogP contribution >= 0.6 is 0 Å². The number of hydrogen-bond acceptors (Lipinski definition) is 19. The monoisotopic (exact) mass is 1770 g/mol. The number of aromatic nitrogens is 4. The largest absolute Gasteiger partial charge is 0.489 e. The van der Waals surface area contributed by atoms with Gasteiger partial charge in [-0.05, 0) is 251 Å². The van der Waals surface area contributed by atoms with Gasteiger partial charge in [0, 0.05) is 113 Å². The number of carbonyl (C=O) groups is 8. The van der Waals surface area contributed by atoms with Gasteiger partial charge in [-0.25, -0.2) is 5.48 Å². The van der Waals surface area contributed by atoms with E-state index >= 15 is 0 Å². The topological polar surface area (TPSA) is 390 Å². The molecule has 4 fully saturated rings. The molecule has 27 nitrogen and oxygen atoms in total. The maximum atomic E-state index is 12.9. The summed E-state index contributed by atoms with van der Waals surface area (Å²) in [4.78, 5) is 116. The number of para-hydroxylation sites is 4. The van der Waals surface area contributed by atoms with Gasteiger partial charge >= 0.3 is 17.9 Å². The van der Waals surface area contributed by atoms with E-state index in [9.17, 15) is 53.7 Å². The fourth-order valence-electron chi connectivity index (χ4n) is 18.4. The van der Waals surface area contributed by atoms with Crippen LogP contribution in [0.2, 0.25) is 0 Å². The number of carboxylic acid groups (broad SMARTS) is 3. The molecule has 0 saturated heterocycles. The number of carboxylic acids is 3. The molecule has 4 aliphatic rings. The first kappa shape index (κ1) is 94.8. The number of pyridine rings is 4. The van der Waals surface area contributed by atoms with Gasteiger partial charge in [0.05, 0.1) is 57.8 Å². The van der Waals surface area contributed by atoms with Gasteiger partial charge in [-0.1, -0.05) is 112 Å². The number of aliphatic carboxylic acids is 3.